The predicted molar refractivity (Wildman–Crippen MR) is 96.7 cm³/mol. The zero-order valence-corrected chi connectivity index (χ0v) is 15.3. The Balaban J connectivity index is 1.75. The number of methoxy groups -OCH3 is 2. The normalized spacial score (nSPS) is 25.8. The molecule has 2 aromatic carbocycles. The van der Waals surface area contributed by atoms with Gasteiger partial charge in [0.25, 0.3) is 0 Å². The van der Waals surface area contributed by atoms with Gasteiger partial charge >= 0.3 is 0 Å². The number of hydrogen-bond donors (Lipinski definition) is 0. The van der Waals surface area contributed by atoms with Crippen molar-refractivity contribution in [1.29, 1.82) is 0 Å². The van der Waals surface area contributed by atoms with Gasteiger partial charge in [0, 0.05) is 13.0 Å². The molecule has 1 saturated heterocycles. The van der Waals surface area contributed by atoms with E-state index in [0.29, 0.717) is 18.4 Å². The Bertz CT molecular complexity index is 686. The lowest BCUT2D eigenvalue weighted by molar-refractivity contribution is -0.130. The quantitative estimate of drug-likeness (QED) is 0.769. The molecule has 25 heavy (non-hydrogen) atoms. The van der Waals surface area contributed by atoms with Crippen LogP contribution in [0.4, 0.5) is 0 Å². The summed E-state index contributed by atoms with van der Waals surface area (Å²) in [5.41, 5.74) is 2.21. The van der Waals surface area contributed by atoms with Gasteiger partial charge in [-0.25, -0.2) is 0 Å². The third kappa shape index (κ3) is 3.80. The van der Waals surface area contributed by atoms with Gasteiger partial charge in [0.15, 0.2) is 17.8 Å². The van der Waals surface area contributed by atoms with Crippen molar-refractivity contribution in [2.45, 2.75) is 32.8 Å². The lowest BCUT2D eigenvalue weighted by Crippen LogP contribution is -2.17. The maximum absolute atomic E-state index is 6.07. The van der Waals surface area contributed by atoms with E-state index in [4.69, 9.17) is 18.9 Å². The summed E-state index contributed by atoms with van der Waals surface area (Å²) >= 11 is 0. The van der Waals surface area contributed by atoms with Crippen LogP contribution >= 0.6 is 0 Å². The van der Waals surface area contributed by atoms with Gasteiger partial charge in [-0.2, -0.15) is 0 Å². The summed E-state index contributed by atoms with van der Waals surface area (Å²) in [6, 6.07) is 16.1. The topological polar surface area (TPSA) is 36.9 Å². The molecule has 0 N–H and O–H groups in total. The first-order chi connectivity index (χ1) is 12.1. The van der Waals surface area contributed by atoms with E-state index < -0.39 is 0 Å². The van der Waals surface area contributed by atoms with E-state index in [0.717, 1.165) is 22.6 Å². The van der Waals surface area contributed by atoms with Crippen LogP contribution in [0.2, 0.25) is 0 Å². The number of rotatable bonds is 6. The minimum absolute atomic E-state index is 0.00276. The molecule has 0 aliphatic carbocycles. The summed E-state index contributed by atoms with van der Waals surface area (Å²) in [7, 11) is 3.35. The van der Waals surface area contributed by atoms with Crippen molar-refractivity contribution >= 4 is 0 Å². The highest BCUT2D eigenvalue weighted by molar-refractivity contribution is 5.44. The molecule has 4 nitrogen and oxygen atoms in total. The van der Waals surface area contributed by atoms with E-state index in [-0.39, 0.29) is 12.4 Å². The van der Waals surface area contributed by atoms with Crippen LogP contribution in [0.3, 0.4) is 0 Å². The fraction of sp³-hybridized carbons (Fsp3) is 0.429. The van der Waals surface area contributed by atoms with Crippen LogP contribution in [0.1, 0.15) is 31.1 Å². The van der Waals surface area contributed by atoms with Gasteiger partial charge < -0.3 is 18.9 Å². The summed E-state index contributed by atoms with van der Waals surface area (Å²) in [4.78, 5) is 0. The van der Waals surface area contributed by atoms with Gasteiger partial charge in [-0.1, -0.05) is 50.2 Å². The zero-order chi connectivity index (χ0) is 17.8. The Labute approximate surface area is 149 Å². The maximum Gasteiger partial charge on any atom is 0.161 e. The Morgan fingerprint density at radius 1 is 0.920 bits per heavy atom. The average molecular weight is 342 g/mol. The molecule has 4 heteroatoms. The summed E-state index contributed by atoms with van der Waals surface area (Å²) in [5, 5.41) is 0. The highest BCUT2D eigenvalue weighted by Gasteiger charge is 2.40. The highest BCUT2D eigenvalue weighted by atomic mass is 16.7. The molecule has 1 fully saturated rings. The minimum Gasteiger partial charge on any atom is -0.493 e. The van der Waals surface area contributed by atoms with E-state index in [1.807, 2.05) is 42.5 Å². The third-order valence-corrected chi connectivity index (χ3v) is 5.00. The van der Waals surface area contributed by atoms with E-state index in [1.54, 1.807) is 14.2 Å². The molecule has 1 aliphatic rings. The van der Waals surface area contributed by atoms with Gasteiger partial charge in [0.1, 0.15) is 6.61 Å². The van der Waals surface area contributed by atoms with Crippen LogP contribution in [0.5, 0.6) is 11.5 Å². The van der Waals surface area contributed by atoms with Crippen LogP contribution in [0.25, 0.3) is 0 Å². The second kappa shape index (κ2) is 7.89. The van der Waals surface area contributed by atoms with Crippen molar-refractivity contribution in [1.82, 2.24) is 0 Å². The number of benzene rings is 2. The monoisotopic (exact) mass is 342 g/mol. The molecule has 4 atom stereocenters. The first kappa shape index (κ1) is 17.8. The third-order valence-electron chi connectivity index (χ3n) is 5.00. The Morgan fingerprint density at radius 2 is 1.68 bits per heavy atom. The van der Waals surface area contributed by atoms with Crippen LogP contribution < -0.4 is 9.47 Å². The van der Waals surface area contributed by atoms with Crippen molar-refractivity contribution in [3.63, 3.8) is 0 Å². The fourth-order valence-electron chi connectivity index (χ4n) is 3.28. The van der Waals surface area contributed by atoms with Gasteiger partial charge in [-0.05, 0) is 29.2 Å². The van der Waals surface area contributed by atoms with Crippen LogP contribution in [-0.4, -0.2) is 20.5 Å². The van der Waals surface area contributed by atoms with Crippen LogP contribution in [0.15, 0.2) is 48.5 Å². The molecule has 2 aromatic rings. The van der Waals surface area contributed by atoms with E-state index >= 15 is 0 Å². The summed E-state index contributed by atoms with van der Waals surface area (Å²) in [5.74, 6) is 2.16. The molecule has 1 heterocycles. The van der Waals surface area contributed by atoms with Gasteiger partial charge in [0.05, 0.1) is 13.2 Å². The fourth-order valence-corrected chi connectivity index (χ4v) is 3.28. The SMILES string of the molecule is COc1cc([C@H]2OC(OC)[C@H](C)[C@H]2C)ccc1OCc1ccccc1. The van der Waals surface area contributed by atoms with Crippen LogP contribution in [0, 0.1) is 11.8 Å². The summed E-state index contributed by atoms with van der Waals surface area (Å²) < 4.78 is 23.0. The molecular weight excluding hydrogens is 316 g/mol. The van der Waals surface area contributed by atoms with Crippen molar-refractivity contribution in [3.8, 4) is 11.5 Å². The van der Waals surface area contributed by atoms with Crippen molar-refractivity contribution < 1.29 is 18.9 Å². The average Bonchev–Trinajstić information content (AvgIpc) is 2.95. The predicted octanol–water partition coefficient (Wildman–Crippen LogP) is 4.59. The molecule has 1 aliphatic heterocycles. The Morgan fingerprint density at radius 3 is 2.32 bits per heavy atom. The second-order valence-corrected chi connectivity index (χ2v) is 6.56. The van der Waals surface area contributed by atoms with E-state index in [9.17, 15) is 0 Å². The first-order valence-electron chi connectivity index (χ1n) is 8.67. The summed E-state index contributed by atoms with van der Waals surface area (Å²) in [6.45, 7) is 4.86. The minimum atomic E-state index is -0.167. The molecule has 0 amide bonds. The highest BCUT2D eigenvalue weighted by Crippen LogP contribution is 2.44. The number of ether oxygens (including phenoxy) is 4. The largest absolute Gasteiger partial charge is 0.493 e. The molecule has 0 spiro atoms. The lowest BCUT2D eigenvalue weighted by Gasteiger charge is -2.18. The number of hydrogen-bond acceptors (Lipinski definition) is 4. The smallest absolute Gasteiger partial charge is 0.161 e. The lowest BCUT2D eigenvalue weighted by atomic mass is 9.89. The second-order valence-electron chi connectivity index (χ2n) is 6.56. The Kier molecular flexibility index (Phi) is 5.61. The molecule has 0 saturated carbocycles. The molecule has 1 unspecified atom stereocenters. The van der Waals surface area contributed by atoms with E-state index in [1.165, 1.54) is 0 Å². The first-order valence-corrected chi connectivity index (χ1v) is 8.67. The van der Waals surface area contributed by atoms with Crippen molar-refractivity contribution in [3.05, 3.63) is 59.7 Å². The Hall–Kier alpha value is -2.04. The van der Waals surface area contributed by atoms with Crippen molar-refractivity contribution in [2.75, 3.05) is 14.2 Å². The molecule has 3 rings (SSSR count). The van der Waals surface area contributed by atoms with Gasteiger partial charge in [-0.3, -0.25) is 0 Å². The maximum atomic E-state index is 6.07. The summed E-state index contributed by atoms with van der Waals surface area (Å²) in [6.07, 6.45) is -0.169. The molecule has 0 bridgehead atoms. The standard InChI is InChI=1S/C21H26O4/c1-14-15(2)21(23-4)25-20(14)17-10-11-18(19(12-17)22-3)24-13-16-8-6-5-7-9-16/h5-12,14-15,20-21H,13H2,1-4H3/t14-,15-,20+,21?/m1/s1. The molecule has 0 radical (unpaired) electrons. The van der Waals surface area contributed by atoms with Gasteiger partial charge in [0.2, 0.25) is 0 Å². The molecular formula is C21H26O4. The van der Waals surface area contributed by atoms with Crippen molar-refractivity contribution in [2.24, 2.45) is 11.8 Å². The molecule has 134 valence electrons. The van der Waals surface area contributed by atoms with Crippen LogP contribution in [-0.2, 0) is 16.1 Å². The van der Waals surface area contributed by atoms with Gasteiger partial charge in [-0.15, -0.1) is 0 Å². The van der Waals surface area contributed by atoms with E-state index in [2.05, 4.69) is 19.9 Å². The molecule has 0 aromatic heterocycles. The zero-order valence-electron chi connectivity index (χ0n) is 15.3.